The van der Waals surface area contributed by atoms with Gasteiger partial charge in [-0.2, -0.15) is 0 Å². The summed E-state index contributed by atoms with van der Waals surface area (Å²) in [6.45, 7) is 4.88. The Hall–Kier alpha value is -1.07. The molecule has 1 fully saturated rings. The van der Waals surface area contributed by atoms with Crippen molar-refractivity contribution in [2.45, 2.75) is 25.8 Å². The number of ether oxygens (including phenoxy) is 1. The van der Waals surface area contributed by atoms with Gasteiger partial charge in [0.25, 0.3) is 5.91 Å². The third-order valence-electron chi connectivity index (χ3n) is 3.42. The van der Waals surface area contributed by atoms with Crippen LogP contribution in [0.5, 0.6) is 5.75 Å². The third kappa shape index (κ3) is 4.21. The largest absolute Gasteiger partial charge is 0.484 e. The summed E-state index contributed by atoms with van der Waals surface area (Å²) in [5.74, 6) is 0.786. The predicted octanol–water partition coefficient (Wildman–Crippen LogP) is 2.43. The van der Waals surface area contributed by atoms with Gasteiger partial charge in [-0.15, -0.1) is 0 Å². The highest BCUT2D eigenvalue weighted by Crippen LogP contribution is 2.18. The zero-order valence-corrected chi connectivity index (χ0v) is 13.4. The highest BCUT2D eigenvalue weighted by Gasteiger charge is 2.25. The van der Waals surface area contributed by atoms with E-state index in [0.29, 0.717) is 11.8 Å². The van der Waals surface area contributed by atoms with E-state index in [9.17, 15) is 4.79 Å². The average molecular weight is 341 g/mol. The van der Waals surface area contributed by atoms with Gasteiger partial charge in [-0.25, -0.2) is 0 Å². The third-order valence-corrected chi connectivity index (χ3v) is 3.91. The average Bonchev–Trinajstić information content (AvgIpc) is 2.96. The molecule has 4 nitrogen and oxygen atoms in total. The fourth-order valence-corrected chi connectivity index (χ4v) is 2.82. The molecule has 5 heteroatoms. The van der Waals surface area contributed by atoms with Gasteiger partial charge in [0, 0.05) is 23.6 Å². The van der Waals surface area contributed by atoms with Crippen molar-refractivity contribution in [2.75, 3.05) is 26.2 Å². The smallest absolute Gasteiger partial charge is 0.260 e. The number of carbonyl (C=O) groups excluding carboxylic acids is 1. The van der Waals surface area contributed by atoms with Gasteiger partial charge in [0.2, 0.25) is 0 Å². The molecule has 1 aliphatic heterocycles. The van der Waals surface area contributed by atoms with Gasteiger partial charge in [0.1, 0.15) is 5.75 Å². The minimum Gasteiger partial charge on any atom is -0.484 e. The second-order valence-corrected chi connectivity index (χ2v) is 5.90. The highest BCUT2D eigenvalue weighted by atomic mass is 79.9. The van der Waals surface area contributed by atoms with Crippen LogP contribution in [0.1, 0.15) is 19.8 Å². The van der Waals surface area contributed by atoms with Crippen molar-refractivity contribution in [1.29, 1.82) is 0 Å². The van der Waals surface area contributed by atoms with E-state index in [4.69, 9.17) is 4.74 Å². The maximum Gasteiger partial charge on any atom is 0.260 e. The molecule has 110 valence electrons. The number of hydrogen-bond acceptors (Lipinski definition) is 3. The first kappa shape index (κ1) is 15.3. The Balaban J connectivity index is 1.91. The second kappa shape index (κ2) is 7.64. The van der Waals surface area contributed by atoms with Crippen molar-refractivity contribution >= 4 is 21.8 Å². The van der Waals surface area contributed by atoms with Gasteiger partial charge >= 0.3 is 0 Å². The van der Waals surface area contributed by atoms with Crippen LogP contribution in [0.4, 0.5) is 0 Å². The minimum absolute atomic E-state index is 0.0699. The lowest BCUT2D eigenvalue weighted by Gasteiger charge is -2.28. The summed E-state index contributed by atoms with van der Waals surface area (Å²) in [5, 5.41) is 3.31. The topological polar surface area (TPSA) is 41.6 Å². The molecule has 1 aromatic rings. The molecule has 0 saturated carbocycles. The molecule has 1 N–H and O–H groups in total. The first-order chi connectivity index (χ1) is 9.70. The molecule has 1 aromatic carbocycles. The highest BCUT2D eigenvalue weighted by molar-refractivity contribution is 9.10. The molecule has 1 aliphatic rings. The first-order valence-electron chi connectivity index (χ1n) is 7.09. The fourth-order valence-electron chi connectivity index (χ4n) is 2.44. The number of benzene rings is 1. The maximum atomic E-state index is 12.3. The lowest BCUT2D eigenvalue weighted by Crippen LogP contribution is -2.44. The Morgan fingerprint density at radius 1 is 1.55 bits per heavy atom. The van der Waals surface area contributed by atoms with Crippen LogP contribution in [0.25, 0.3) is 0 Å². The van der Waals surface area contributed by atoms with Crippen LogP contribution in [0.2, 0.25) is 0 Å². The Bertz CT molecular complexity index is 447. The van der Waals surface area contributed by atoms with E-state index in [1.54, 1.807) is 0 Å². The van der Waals surface area contributed by atoms with E-state index >= 15 is 0 Å². The molecule has 0 aliphatic carbocycles. The van der Waals surface area contributed by atoms with Gasteiger partial charge in [0.15, 0.2) is 6.61 Å². The van der Waals surface area contributed by atoms with Gasteiger partial charge in [-0.1, -0.05) is 28.9 Å². The molecule has 20 heavy (non-hydrogen) atoms. The molecule has 0 radical (unpaired) electrons. The minimum atomic E-state index is 0.0699. The lowest BCUT2D eigenvalue weighted by molar-refractivity contribution is -0.135. The molecular weight excluding hydrogens is 320 g/mol. The molecule has 1 atom stereocenters. The van der Waals surface area contributed by atoms with Crippen LogP contribution in [0.3, 0.4) is 0 Å². The molecule has 0 bridgehead atoms. The SMILES string of the molecule is CCCN(C(=O)COc1cccc(Br)c1)C1CCNC1. The molecule has 0 spiro atoms. The van der Waals surface area contributed by atoms with Crippen molar-refractivity contribution in [3.05, 3.63) is 28.7 Å². The molecule has 1 unspecified atom stereocenters. The summed E-state index contributed by atoms with van der Waals surface area (Å²) in [6.07, 6.45) is 2.00. The number of nitrogens with one attached hydrogen (secondary N) is 1. The van der Waals surface area contributed by atoms with E-state index in [2.05, 4.69) is 28.2 Å². The summed E-state index contributed by atoms with van der Waals surface area (Å²) in [4.78, 5) is 14.3. The fraction of sp³-hybridized carbons (Fsp3) is 0.533. The van der Waals surface area contributed by atoms with Crippen LogP contribution in [-0.4, -0.2) is 43.1 Å². The molecule has 1 heterocycles. The van der Waals surface area contributed by atoms with Crippen molar-refractivity contribution in [1.82, 2.24) is 10.2 Å². The van der Waals surface area contributed by atoms with Gasteiger partial charge in [-0.05, 0) is 37.6 Å². The van der Waals surface area contributed by atoms with Crippen molar-refractivity contribution in [3.63, 3.8) is 0 Å². The van der Waals surface area contributed by atoms with Crippen LogP contribution in [0, 0.1) is 0 Å². The van der Waals surface area contributed by atoms with E-state index in [1.807, 2.05) is 29.2 Å². The number of amides is 1. The maximum absolute atomic E-state index is 12.3. The van der Waals surface area contributed by atoms with Crippen LogP contribution in [-0.2, 0) is 4.79 Å². The Labute approximate surface area is 128 Å². The Morgan fingerprint density at radius 3 is 3.05 bits per heavy atom. The molecule has 1 amide bonds. The first-order valence-corrected chi connectivity index (χ1v) is 7.88. The number of hydrogen-bond donors (Lipinski definition) is 1. The van der Waals surface area contributed by atoms with Crippen molar-refractivity contribution < 1.29 is 9.53 Å². The normalized spacial score (nSPS) is 18.0. The predicted molar refractivity (Wildman–Crippen MR) is 82.9 cm³/mol. The number of halogens is 1. The number of nitrogens with zero attached hydrogens (tertiary/aromatic N) is 1. The van der Waals surface area contributed by atoms with E-state index in [1.165, 1.54) is 0 Å². The van der Waals surface area contributed by atoms with E-state index in [0.717, 1.165) is 36.9 Å². The lowest BCUT2D eigenvalue weighted by atomic mass is 10.2. The zero-order valence-electron chi connectivity index (χ0n) is 11.8. The van der Waals surface area contributed by atoms with Gasteiger partial charge < -0.3 is 15.0 Å². The standard InChI is InChI=1S/C15H21BrN2O2/c1-2-8-18(13-6-7-17-10-13)15(19)11-20-14-5-3-4-12(16)9-14/h3-5,9,13,17H,2,6-8,10-11H2,1H3. The molecule has 0 aromatic heterocycles. The molecule has 2 rings (SSSR count). The molecule has 1 saturated heterocycles. The Morgan fingerprint density at radius 2 is 2.40 bits per heavy atom. The zero-order chi connectivity index (χ0) is 14.4. The number of carbonyl (C=O) groups is 1. The van der Waals surface area contributed by atoms with E-state index < -0.39 is 0 Å². The van der Waals surface area contributed by atoms with E-state index in [-0.39, 0.29) is 12.5 Å². The van der Waals surface area contributed by atoms with Crippen LogP contribution in [0.15, 0.2) is 28.7 Å². The monoisotopic (exact) mass is 340 g/mol. The summed E-state index contributed by atoms with van der Waals surface area (Å²) in [6, 6.07) is 7.87. The Kier molecular flexibility index (Phi) is 5.86. The molecular formula is C15H21BrN2O2. The summed E-state index contributed by atoms with van der Waals surface area (Å²) in [7, 11) is 0. The second-order valence-electron chi connectivity index (χ2n) is 4.98. The van der Waals surface area contributed by atoms with Crippen LogP contribution >= 0.6 is 15.9 Å². The van der Waals surface area contributed by atoms with Gasteiger partial charge in [-0.3, -0.25) is 4.79 Å². The van der Waals surface area contributed by atoms with Gasteiger partial charge in [0.05, 0.1) is 0 Å². The van der Waals surface area contributed by atoms with Crippen molar-refractivity contribution in [2.24, 2.45) is 0 Å². The number of rotatable bonds is 6. The quantitative estimate of drug-likeness (QED) is 0.864. The summed E-state index contributed by atoms with van der Waals surface area (Å²) in [5.41, 5.74) is 0. The summed E-state index contributed by atoms with van der Waals surface area (Å²) < 4.78 is 6.55. The van der Waals surface area contributed by atoms with Crippen LogP contribution < -0.4 is 10.1 Å². The van der Waals surface area contributed by atoms with Crippen molar-refractivity contribution in [3.8, 4) is 5.75 Å². The summed E-state index contributed by atoms with van der Waals surface area (Å²) >= 11 is 3.39.